The Morgan fingerprint density at radius 1 is 1.40 bits per heavy atom. The number of aliphatic hydroxyl groups is 1. The van der Waals surface area contributed by atoms with E-state index in [1.165, 1.54) is 12.1 Å². The molecule has 0 amide bonds. The zero-order chi connectivity index (χ0) is 15.0. The molecule has 0 bridgehead atoms. The van der Waals surface area contributed by atoms with Gasteiger partial charge in [0.2, 0.25) is 0 Å². The first-order valence-corrected chi connectivity index (χ1v) is 6.40. The summed E-state index contributed by atoms with van der Waals surface area (Å²) < 4.78 is 42.7. The van der Waals surface area contributed by atoms with Crippen molar-refractivity contribution in [3.63, 3.8) is 0 Å². The molecule has 1 atom stereocenters. The summed E-state index contributed by atoms with van der Waals surface area (Å²) in [6, 6.07) is 3.57. The molecule has 0 aromatic heterocycles. The smallest absolute Gasteiger partial charge is 0.314 e. The van der Waals surface area contributed by atoms with Crippen molar-refractivity contribution in [1.82, 2.24) is 0 Å². The minimum atomic E-state index is -3.82. The predicted octanol–water partition coefficient (Wildman–Crippen LogP) is 2.54. The molecule has 0 spiro atoms. The van der Waals surface area contributed by atoms with Gasteiger partial charge < -0.3 is 10.8 Å². The molecule has 2 nitrogen and oxygen atoms in total. The summed E-state index contributed by atoms with van der Waals surface area (Å²) in [7, 11) is 0. The highest BCUT2D eigenvalue weighted by Gasteiger charge is 2.51. The van der Waals surface area contributed by atoms with Crippen molar-refractivity contribution in [2.75, 3.05) is 0 Å². The van der Waals surface area contributed by atoms with Crippen molar-refractivity contribution in [3.8, 4) is 11.8 Å². The Labute approximate surface area is 115 Å². The van der Waals surface area contributed by atoms with E-state index < -0.39 is 22.9 Å². The number of halogens is 3. The molecule has 20 heavy (non-hydrogen) atoms. The summed E-state index contributed by atoms with van der Waals surface area (Å²) in [6.07, 6.45) is 1.71. The van der Waals surface area contributed by atoms with Crippen LogP contribution in [0, 0.1) is 23.6 Å². The van der Waals surface area contributed by atoms with E-state index in [4.69, 9.17) is 5.73 Å². The van der Waals surface area contributed by atoms with Crippen molar-refractivity contribution < 1.29 is 18.3 Å². The van der Waals surface area contributed by atoms with Crippen molar-refractivity contribution in [3.05, 3.63) is 35.1 Å². The number of benzene rings is 1. The molecule has 1 aromatic carbocycles. The third-order valence-corrected chi connectivity index (χ3v) is 3.35. The van der Waals surface area contributed by atoms with Gasteiger partial charge in [0.05, 0.1) is 5.56 Å². The monoisotopic (exact) mass is 283 g/mol. The molecule has 1 saturated carbocycles. The quantitative estimate of drug-likeness (QED) is 0.837. The SMILES string of the molecule is CC(O)(C#CC1CC1)C(F)(F)c1cccc(CN)c1F. The van der Waals surface area contributed by atoms with E-state index in [1.54, 1.807) is 0 Å². The van der Waals surface area contributed by atoms with Gasteiger partial charge in [-0.1, -0.05) is 24.0 Å². The van der Waals surface area contributed by atoms with E-state index in [0.717, 1.165) is 25.8 Å². The number of nitrogens with two attached hydrogens (primary N) is 1. The maximum atomic E-state index is 14.3. The first-order chi connectivity index (χ1) is 9.29. The average Bonchev–Trinajstić information content (AvgIpc) is 3.20. The average molecular weight is 283 g/mol. The standard InChI is InChI=1S/C15H16F3NO/c1-14(20,8-7-10-5-6-10)15(17,18)12-4-2-3-11(9-19)13(12)16/h2-4,10,20H,5-6,9,19H2,1H3. The van der Waals surface area contributed by atoms with Crippen LogP contribution in [0.25, 0.3) is 0 Å². The summed E-state index contributed by atoms with van der Waals surface area (Å²) in [5.41, 5.74) is 1.78. The molecule has 0 radical (unpaired) electrons. The number of hydrogen-bond donors (Lipinski definition) is 2. The van der Waals surface area contributed by atoms with Gasteiger partial charge in [0, 0.05) is 18.0 Å². The van der Waals surface area contributed by atoms with Gasteiger partial charge in [0.15, 0.2) is 5.60 Å². The van der Waals surface area contributed by atoms with E-state index in [1.807, 2.05) is 0 Å². The highest BCUT2D eigenvalue weighted by molar-refractivity contribution is 5.34. The Balaban J connectivity index is 2.41. The highest BCUT2D eigenvalue weighted by Crippen LogP contribution is 2.41. The molecule has 0 aliphatic heterocycles. The molecular formula is C15H16F3NO. The minimum absolute atomic E-state index is 0.0203. The lowest BCUT2D eigenvalue weighted by molar-refractivity contribution is -0.148. The second-order valence-electron chi connectivity index (χ2n) is 5.17. The summed E-state index contributed by atoms with van der Waals surface area (Å²) in [5, 5.41) is 9.94. The van der Waals surface area contributed by atoms with Crippen molar-refractivity contribution in [2.24, 2.45) is 11.7 Å². The van der Waals surface area contributed by atoms with E-state index in [9.17, 15) is 18.3 Å². The van der Waals surface area contributed by atoms with Crippen LogP contribution in [0.4, 0.5) is 13.2 Å². The predicted molar refractivity (Wildman–Crippen MR) is 69.3 cm³/mol. The van der Waals surface area contributed by atoms with Crippen LogP contribution < -0.4 is 5.73 Å². The largest absolute Gasteiger partial charge is 0.372 e. The topological polar surface area (TPSA) is 46.2 Å². The van der Waals surface area contributed by atoms with Crippen LogP contribution in [-0.2, 0) is 12.5 Å². The molecule has 108 valence electrons. The van der Waals surface area contributed by atoms with Gasteiger partial charge in [-0.3, -0.25) is 0 Å². The van der Waals surface area contributed by atoms with Crippen molar-refractivity contribution >= 4 is 0 Å². The van der Waals surface area contributed by atoms with Crippen molar-refractivity contribution in [2.45, 2.75) is 37.8 Å². The van der Waals surface area contributed by atoms with Crippen LogP contribution >= 0.6 is 0 Å². The molecule has 2 rings (SSSR count). The van der Waals surface area contributed by atoms with E-state index in [0.29, 0.717) is 0 Å². The van der Waals surface area contributed by atoms with Crippen molar-refractivity contribution in [1.29, 1.82) is 0 Å². The fourth-order valence-electron chi connectivity index (χ4n) is 1.79. The lowest BCUT2D eigenvalue weighted by Crippen LogP contribution is -2.42. The molecule has 1 aliphatic rings. The first-order valence-electron chi connectivity index (χ1n) is 6.40. The third-order valence-electron chi connectivity index (χ3n) is 3.35. The second kappa shape index (κ2) is 5.12. The zero-order valence-electron chi connectivity index (χ0n) is 11.1. The molecule has 0 saturated heterocycles. The number of alkyl halides is 2. The van der Waals surface area contributed by atoms with Gasteiger partial charge in [-0.15, -0.1) is 0 Å². The lowest BCUT2D eigenvalue weighted by Gasteiger charge is -2.29. The van der Waals surface area contributed by atoms with Gasteiger partial charge in [-0.2, -0.15) is 8.78 Å². The second-order valence-corrected chi connectivity index (χ2v) is 5.17. The summed E-state index contributed by atoms with van der Waals surface area (Å²) in [4.78, 5) is 0. The Hall–Kier alpha value is -1.51. The third kappa shape index (κ3) is 2.67. The highest BCUT2D eigenvalue weighted by atomic mass is 19.3. The minimum Gasteiger partial charge on any atom is -0.372 e. The molecule has 1 fully saturated rings. The van der Waals surface area contributed by atoms with Crippen LogP contribution in [0.3, 0.4) is 0 Å². The van der Waals surface area contributed by atoms with Gasteiger partial charge >= 0.3 is 5.92 Å². The van der Waals surface area contributed by atoms with E-state index in [-0.39, 0.29) is 18.0 Å². The van der Waals surface area contributed by atoms with Gasteiger partial charge in [0.1, 0.15) is 5.82 Å². The fraction of sp³-hybridized carbons (Fsp3) is 0.467. The molecule has 1 unspecified atom stereocenters. The zero-order valence-corrected chi connectivity index (χ0v) is 11.1. The maximum Gasteiger partial charge on any atom is 0.314 e. The summed E-state index contributed by atoms with van der Waals surface area (Å²) >= 11 is 0. The Kier molecular flexibility index (Phi) is 3.81. The fourth-order valence-corrected chi connectivity index (χ4v) is 1.79. The Bertz CT molecular complexity index is 568. The van der Waals surface area contributed by atoms with Gasteiger partial charge in [-0.05, 0) is 25.8 Å². The number of rotatable bonds is 3. The molecule has 1 aliphatic carbocycles. The normalized spacial score (nSPS) is 18.1. The Morgan fingerprint density at radius 2 is 2.05 bits per heavy atom. The van der Waals surface area contributed by atoms with Crippen LogP contribution in [0.5, 0.6) is 0 Å². The molecule has 5 heteroatoms. The Morgan fingerprint density at radius 3 is 2.60 bits per heavy atom. The molecular weight excluding hydrogens is 267 g/mol. The molecule has 0 heterocycles. The molecule has 1 aromatic rings. The van der Waals surface area contributed by atoms with E-state index >= 15 is 0 Å². The van der Waals surface area contributed by atoms with Crippen LogP contribution in [-0.4, -0.2) is 10.7 Å². The lowest BCUT2D eigenvalue weighted by atomic mass is 9.90. The first kappa shape index (κ1) is 14.9. The summed E-state index contributed by atoms with van der Waals surface area (Å²) in [6.45, 7) is 0.711. The van der Waals surface area contributed by atoms with Crippen LogP contribution in [0.1, 0.15) is 30.9 Å². The van der Waals surface area contributed by atoms with Crippen LogP contribution in [0.15, 0.2) is 18.2 Å². The molecule has 3 N–H and O–H groups in total. The maximum absolute atomic E-state index is 14.3. The summed E-state index contributed by atoms with van der Waals surface area (Å²) in [5.74, 6) is -0.0619. The van der Waals surface area contributed by atoms with Gasteiger partial charge in [-0.25, -0.2) is 4.39 Å². The van der Waals surface area contributed by atoms with Crippen LogP contribution in [0.2, 0.25) is 0 Å². The van der Waals surface area contributed by atoms with Gasteiger partial charge in [0.25, 0.3) is 0 Å². The number of hydrogen-bond acceptors (Lipinski definition) is 2. The van der Waals surface area contributed by atoms with E-state index in [2.05, 4.69) is 11.8 Å².